The number of nitrogens with one attached hydrogen (secondary N) is 5. The summed E-state index contributed by atoms with van der Waals surface area (Å²) in [5.41, 5.74) is 11.1. The molecule has 12 rings (SSSR count). The number of carboxylic acid groups (broad SMARTS) is 1. The number of Topliss-reactive ketones (excluding diaryl/α,β-unsaturated/α-hetero) is 1. The molecule has 7 aromatic carbocycles. The zero-order valence-electron chi connectivity index (χ0n) is 61.4. The van der Waals surface area contributed by atoms with Crippen LogP contribution in [-0.4, -0.2) is 133 Å². The molecule has 2 aromatic heterocycles. The molecule has 3 aliphatic heterocycles. The zero-order valence-corrected chi connectivity index (χ0v) is 69.4. The number of methoxy groups -OCH3 is 1. The number of aliphatic carboxylic acids is 1. The Labute approximate surface area is 700 Å². The molecule has 28 nitrogen and oxygen atoms in total. The maximum Gasteiger partial charge on any atom is 0.343 e. The summed E-state index contributed by atoms with van der Waals surface area (Å²) in [7, 11) is 1.44. The molecule has 590 valence electrons. The number of rotatable bonds is 23. The number of primary amides is 1. The van der Waals surface area contributed by atoms with Crippen LogP contribution in [0.3, 0.4) is 0 Å². The minimum atomic E-state index is -1.05. The van der Waals surface area contributed by atoms with E-state index in [0.717, 1.165) is 42.8 Å². The van der Waals surface area contributed by atoms with Crippen molar-refractivity contribution in [2.75, 3.05) is 30.9 Å². The quantitative estimate of drug-likeness (QED) is 0.00944. The van der Waals surface area contributed by atoms with Gasteiger partial charge in [-0.05, 0) is 208 Å². The van der Waals surface area contributed by atoms with Crippen molar-refractivity contribution in [3.63, 3.8) is 0 Å². The van der Waals surface area contributed by atoms with Gasteiger partial charge in [0.1, 0.15) is 39.1 Å². The van der Waals surface area contributed by atoms with Crippen LogP contribution in [0.25, 0.3) is 12.2 Å². The number of anilines is 2. The molecule has 1 atom stereocenters. The van der Waals surface area contributed by atoms with Crippen molar-refractivity contribution in [1.29, 1.82) is 5.41 Å². The number of hydrogen-bond donors (Lipinski definition) is 9. The van der Waals surface area contributed by atoms with Crippen LogP contribution in [0.15, 0.2) is 224 Å². The number of amidine groups is 3. The molecule has 10 N–H and O–H groups in total. The monoisotopic (exact) mass is 1820 g/mol. The van der Waals surface area contributed by atoms with Crippen molar-refractivity contribution in [2.24, 2.45) is 36.9 Å². The second-order valence-electron chi connectivity index (χ2n) is 24.6. The third-order valence-corrected chi connectivity index (χ3v) is 21.0. The van der Waals surface area contributed by atoms with Crippen molar-refractivity contribution in [3.05, 3.63) is 260 Å². The smallest absolute Gasteiger partial charge is 0.343 e. The van der Waals surface area contributed by atoms with Crippen LogP contribution in [0.2, 0.25) is 5.02 Å². The SMILES string of the molecule is COc1cc(/C=C2/C(=N)N3N=C(C(C)C)SC3=NC2=O)ccc1OC(=O)c1ccc(Cl)cc1.Cc1ccc(NC(=O)CC2S/C(=N/N=C/c3ccc(OCC(=O)O)cc3)NC2=O)cc1.Cc1sc(NC(=O)c2ccc(Br)o2)c(C(N)=O)c1C.O=C(CN=Cc1cc(Br)cc(Br)c1O)/C(=C/c1ccccc1O)NC(=O)c1ccccc1. The van der Waals surface area contributed by atoms with Crippen LogP contribution in [0.5, 0.6) is 28.7 Å². The highest BCUT2D eigenvalue weighted by molar-refractivity contribution is 9.11. The number of hydrogen-bond acceptors (Lipinski definition) is 23. The summed E-state index contributed by atoms with van der Waals surface area (Å²) >= 11 is 19.3. The number of aromatic hydroxyl groups is 2. The topological polar surface area (TPSA) is 418 Å². The number of ether oxygens (including phenoxy) is 3. The van der Waals surface area contributed by atoms with Crippen LogP contribution in [-0.2, 0) is 24.0 Å². The lowest BCUT2D eigenvalue weighted by Gasteiger charge is -2.20. The summed E-state index contributed by atoms with van der Waals surface area (Å²) in [6, 6.07) is 46.6. The second kappa shape index (κ2) is 41.2. The number of fused-ring (bicyclic) bond motifs is 1. The maximum absolute atomic E-state index is 12.9. The van der Waals surface area contributed by atoms with Gasteiger partial charge < -0.3 is 60.9 Å². The first-order valence-corrected chi connectivity index (χ1v) is 39.3. The molecule has 0 bridgehead atoms. The molecule has 0 radical (unpaired) electrons. The zero-order chi connectivity index (χ0) is 83.2. The first-order chi connectivity index (χ1) is 54.9. The number of ketones is 1. The fourth-order valence-electron chi connectivity index (χ4n) is 9.90. The van der Waals surface area contributed by atoms with Gasteiger partial charge in [0, 0.05) is 55.3 Å². The molecule has 3 aliphatic rings. The number of hydrazone groups is 1. The Hall–Kier alpha value is -11.9. The number of phenolic OH excluding ortho intramolecular Hbond substituents is 2. The molecule has 1 fully saturated rings. The van der Waals surface area contributed by atoms with E-state index in [1.807, 2.05) is 52.0 Å². The van der Waals surface area contributed by atoms with Gasteiger partial charge in [-0.25, -0.2) is 9.59 Å². The average molecular weight is 1820 g/mol. The van der Waals surface area contributed by atoms with Crippen molar-refractivity contribution in [1.82, 2.24) is 15.6 Å². The highest BCUT2D eigenvalue weighted by Gasteiger charge is 2.37. The third-order valence-electron chi connectivity index (χ3n) is 15.8. The number of thioether (sulfide) groups is 2. The van der Waals surface area contributed by atoms with E-state index in [2.05, 4.69) is 94.3 Å². The lowest BCUT2D eigenvalue weighted by Crippen LogP contribution is -2.35. The summed E-state index contributed by atoms with van der Waals surface area (Å²) in [5, 5.41) is 63.4. The number of carbonyl (C=O) groups is 9. The third kappa shape index (κ3) is 25.0. The Bertz CT molecular complexity index is 5460. The van der Waals surface area contributed by atoms with E-state index >= 15 is 0 Å². The van der Waals surface area contributed by atoms with Crippen molar-refractivity contribution in [2.45, 2.75) is 46.3 Å². The van der Waals surface area contributed by atoms with Gasteiger partial charge in [0.2, 0.25) is 17.0 Å². The predicted molar refractivity (Wildman–Crippen MR) is 455 cm³/mol. The number of esters is 1. The highest BCUT2D eigenvalue weighted by atomic mass is 79.9. The molecule has 115 heavy (non-hydrogen) atoms. The Morgan fingerprint density at radius 3 is 2.16 bits per heavy atom. The predicted octanol–water partition coefficient (Wildman–Crippen LogP) is 15.4. The molecule has 1 saturated heterocycles. The molecular formula is C80H68Br3ClN12O16S3. The Kier molecular flexibility index (Phi) is 31.2. The normalized spacial score (nSPS) is 14.3. The number of nitrogens with two attached hydrogens (primary N) is 1. The molecule has 0 spiro atoms. The Morgan fingerprint density at radius 2 is 1.50 bits per heavy atom. The van der Waals surface area contributed by atoms with Gasteiger partial charge in [-0.3, -0.25) is 44.0 Å². The van der Waals surface area contributed by atoms with Crippen molar-refractivity contribution in [3.8, 4) is 28.7 Å². The largest absolute Gasteiger partial charge is 0.507 e. The molecule has 35 heteroatoms. The van der Waals surface area contributed by atoms with E-state index in [0.29, 0.717) is 80.1 Å². The van der Waals surface area contributed by atoms with E-state index in [1.165, 1.54) is 71.9 Å². The van der Waals surface area contributed by atoms with E-state index in [1.54, 1.807) is 140 Å². The van der Waals surface area contributed by atoms with Gasteiger partial charge in [0.25, 0.3) is 23.6 Å². The van der Waals surface area contributed by atoms with E-state index in [-0.39, 0.29) is 70.8 Å². The van der Waals surface area contributed by atoms with Gasteiger partial charge in [0.05, 0.1) is 40.2 Å². The van der Waals surface area contributed by atoms with Crippen LogP contribution >= 0.6 is 94.3 Å². The second-order valence-corrected chi connectivity index (χ2v) is 31.0. The number of benzene rings is 7. The fraction of sp³-hybridized carbons (Fsp3) is 0.138. The standard InChI is InChI=1S/C24H18Br2N2O4.C23H19ClN4O4S.C21H20N4O5S.C12H11BrN2O3S/c25-18-10-17(23(31)19(26)12-18)13-27-14-22(30)20(11-16-8-4-5-9-21(16)29)28-24(32)15-6-2-1-3-7-15;1-12(2)21-27-28-19(25)16(20(29)26-23(28)33-21)10-13-4-9-17(18(11-13)31-3)32-22(30)14-5-7-15(24)8-6-14;1-13-2-6-15(7-3-13)23-18(26)10-17-20(29)24-21(31-17)25-22-11-14-4-8-16(9-5-14)30-12-19(27)28;1-5-6(2)19-12(9(5)10(14)16)15-11(17)7-3-4-8(13)18-7/h1-13,29,31H,14H2,(H,28,32);4-12,25H,1-3H3;2-9,11,17H,10,12H2,1H3,(H,23,26)(H,27,28)(H,24,25,29);3-4H,1-2H3,(H2,14,16)(H,15,17)/b20-11-,27-13?;16-10-,25-19?;22-11+;. The summed E-state index contributed by atoms with van der Waals surface area (Å²) in [5.74, 6) is -3.43. The molecule has 1 unspecified atom stereocenters. The molecule has 6 amide bonds. The molecular weight excluding hydrogens is 1760 g/mol. The van der Waals surface area contributed by atoms with E-state index in [4.69, 9.17) is 46.5 Å². The first kappa shape index (κ1) is 87.1. The summed E-state index contributed by atoms with van der Waals surface area (Å²) < 4.78 is 22.7. The number of aryl methyl sites for hydroxylation is 2. The number of nitrogens with zero attached hydrogens (tertiary/aromatic N) is 6. The number of carboxylic acids is 1. The summed E-state index contributed by atoms with van der Waals surface area (Å²) in [6.45, 7) is 8.90. The van der Waals surface area contributed by atoms with Crippen molar-refractivity contribution >= 4 is 204 Å². The number of carbonyl (C=O) groups excluding carboxylic acids is 8. The highest BCUT2D eigenvalue weighted by Crippen LogP contribution is 2.36. The van der Waals surface area contributed by atoms with Gasteiger partial charge in [-0.2, -0.15) is 20.2 Å². The lowest BCUT2D eigenvalue weighted by atomic mass is 10.1. The number of phenols is 2. The lowest BCUT2D eigenvalue weighted by molar-refractivity contribution is -0.139. The van der Waals surface area contributed by atoms with E-state index in [9.17, 15) is 53.4 Å². The van der Waals surface area contributed by atoms with Crippen LogP contribution < -0.4 is 41.2 Å². The summed E-state index contributed by atoms with van der Waals surface area (Å²) in [4.78, 5) is 118. The van der Waals surface area contributed by atoms with Crippen molar-refractivity contribution < 1.29 is 77.1 Å². The van der Waals surface area contributed by atoms with Gasteiger partial charge in [-0.15, -0.1) is 16.4 Å². The number of halogens is 4. The number of aliphatic imine (C=N–C) groups is 2. The van der Waals surface area contributed by atoms with Crippen LogP contribution in [0.1, 0.15) is 100 Å². The average Bonchev–Trinajstić information content (AvgIpc) is 1.63. The van der Waals surface area contributed by atoms with Gasteiger partial charge in [-0.1, -0.05) is 113 Å². The van der Waals surface area contributed by atoms with Gasteiger partial charge >= 0.3 is 11.9 Å². The summed E-state index contributed by atoms with van der Waals surface area (Å²) in [6.07, 6.45) is 5.81. The minimum Gasteiger partial charge on any atom is -0.507 e. The van der Waals surface area contributed by atoms with E-state index < -0.39 is 53.2 Å². The Morgan fingerprint density at radius 1 is 0.800 bits per heavy atom. The number of furan rings is 1. The number of thiophene rings is 1. The molecule has 9 aromatic rings. The van der Waals surface area contributed by atoms with Crippen LogP contribution in [0, 0.1) is 32.1 Å². The first-order valence-electron chi connectivity index (χ1n) is 34.0. The Balaban J connectivity index is 0.000000178. The molecule has 0 aliphatic carbocycles. The van der Waals surface area contributed by atoms with Crippen LogP contribution in [0.4, 0.5) is 10.7 Å². The minimum absolute atomic E-state index is 0.00764. The molecule has 5 heterocycles. The number of para-hydroxylation sites is 1. The number of amides is 6. The maximum atomic E-state index is 12.9. The van der Waals surface area contributed by atoms with Gasteiger partial charge in [0.15, 0.2) is 45.3 Å². The fourth-order valence-corrected chi connectivity index (χ4v) is 14.5. The molecule has 0 saturated carbocycles.